The molecule has 0 saturated heterocycles. The molecule has 0 spiro atoms. The zero-order valence-corrected chi connectivity index (χ0v) is 19.6. The molecule has 0 fully saturated rings. The van der Waals surface area contributed by atoms with Crippen molar-refractivity contribution in [3.05, 3.63) is 58.6 Å². The van der Waals surface area contributed by atoms with E-state index in [4.69, 9.17) is 47.0 Å². The van der Waals surface area contributed by atoms with Crippen LogP contribution in [0.4, 0.5) is 11.4 Å². The number of thiocarbonyl (C=S) groups is 1. The second-order valence-corrected chi connectivity index (χ2v) is 9.51. The number of nitrogens with one attached hydrogen (secondary N) is 4. The Morgan fingerprint density at radius 3 is 2.14 bits per heavy atom. The number of rotatable bonds is 5. The number of benzene rings is 2. The molecule has 2 aromatic rings. The van der Waals surface area contributed by atoms with Gasteiger partial charge in [0.25, 0.3) is 5.91 Å². The molecule has 154 valence electrons. The molecule has 2 amide bonds. The summed E-state index contributed by atoms with van der Waals surface area (Å²) in [7, 11) is 0. The normalized spacial score (nSPS) is 11.9. The van der Waals surface area contributed by atoms with E-state index in [9.17, 15) is 9.59 Å². The van der Waals surface area contributed by atoms with E-state index < -0.39 is 15.9 Å². The average Bonchev–Trinajstić information content (AvgIpc) is 2.60. The van der Waals surface area contributed by atoms with Crippen LogP contribution in [-0.4, -0.2) is 26.9 Å². The number of carbonyl (C=O) groups excluding carboxylic acids is 2. The lowest BCUT2D eigenvalue weighted by Crippen LogP contribution is -2.56. The summed E-state index contributed by atoms with van der Waals surface area (Å²) in [6.07, 6.45) is -1.11. The molecular weight excluding hydrogens is 523 g/mol. The molecule has 0 heterocycles. The maximum absolute atomic E-state index is 12.5. The van der Waals surface area contributed by atoms with Crippen LogP contribution in [0.5, 0.6) is 0 Å². The second-order valence-electron chi connectivity index (χ2n) is 5.82. The predicted octanol–water partition coefficient (Wildman–Crippen LogP) is 4.82. The van der Waals surface area contributed by atoms with Crippen molar-refractivity contribution in [2.45, 2.75) is 16.9 Å². The standard InChI is InChI=1S/C18H16BrCl3N4O2S/c1-10(27)23-13-3-2-4-14(9-13)24-17(29)26-16(18(20,21)22)25-15(28)11-5-7-12(19)8-6-11/h2-9,16H,1H3,(H,23,27)(H,25,28)(H2,24,26,29). The SMILES string of the molecule is CC(=O)Nc1cccc(NC(=S)NC(NC(=O)c2ccc(Br)cc2)C(Cl)(Cl)Cl)c1. The first-order chi connectivity index (χ1) is 13.5. The molecule has 0 radical (unpaired) electrons. The van der Waals surface area contributed by atoms with Gasteiger partial charge in [-0.05, 0) is 54.7 Å². The topological polar surface area (TPSA) is 82.3 Å². The number of amides is 2. The Morgan fingerprint density at radius 1 is 1.00 bits per heavy atom. The molecular formula is C18H16BrCl3N4O2S. The number of hydrogen-bond donors (Lipinski definition) is 4. The molecule has 1 atom stereocenters. The summed E-state index contributed by atoms with van der Waals surface area (Å²) in [5.41, 5.74) is 1.57. The molecule has 0 aliphatic rings. The van der Waals surface area contributed by atoms with Gasteiger partial charge >= 0.3 is 0 Å². The predicted molar refractivity (Wildman–Crippen MR) is 126 cm³/mol. The Labute approximate surface area is 196 Å². The van der Waals surface area contributed by atoms with Gasteiger partial charge in [-0.15, -0.1) is 0 Å². The molecule has 6 nitrogen and oxygen atoms in total. The fourth-order valence-electron chi connectivity index (χ4n) is 2.19. The van der Waals surface area contributed by atoms with E-state index in [-0.39, 0.29) is 11.0 Å². The lowest BCUT2D eigenvalue weighted by atomic mass is 10.2. The van der Waals surface area contributed by atoms with Crippen LogP contribution >= 0.6 is 63.0 Å². The van der Waals surface area contributed by atoms with E-state index in [1.807, 2.05) is 0 Å². The van der Waals surface area contributed by atoms with Crippen molar-refractivity contribution < 1.29 is 9.59 Å². The van der Waals surface area contributed by atoms with Crippen LogP contribution in [0.25, 0.3) is 0 Å². The Kier molecular flexibility index (Phi) is 8.54. The summed E-state index contributed by atoms with van der Waals surface area (Å²) < 4.78 is -1.05. The van der Waals surface area contributed by atoms with Gasteiger partial charge in [-0.3, -0.25) is 9.59 Å². The fraction of sp³-hybridized carbons (Fsp3) is 0.167. The van der Waals surface area contributed by atoms with Crippen molar-refractivity contribution in [1.82, 2.24) is 10.6 Å². The monoisotopic (exact) mass is 536 g/mol. The summed E-state index contributed by atoms with van der Waals surface area (Å²) in [6.45, 7) is 1.41. The van der Waals surface area contributed by atoms with E-state index in [1.54, 1.807) is 48.5 Å². The van der Waals surface area contributed by atoms with Crippen molar-refractivity contribution >= 4 is 91.3 Å². The third-order valence-corrected chi connectivity index (χ3v) is 4.83. The minimum Gasteiger partial charge on any atom is -0.339 e. The van der Waals surface area contributed by atoms with Gasteiger partial charge in [-0.1, -0.05) is 56.8 Å². The van der Waals surface area contributed by atoms with Crippen molar-refractivity contribution in [2.24, 2.45) is 0 Å². The highest BCUT2D eigenvalue weighted by molar-refractivity contribution is 9.10. The molecule has 0 aliphatic heterocycles. The van der Waals surface area contributed by atoms with E-state index >= 15 is 0 Å². The largest absolute Gasteiger partial charge is 0.339 e. The summed E-state index contributed by atoms with van der Waals surface area (Å²) in [4.78, 5) is 23.6. The minimum atomic E-state index is -1.88. The smallest absolute Gasteiger partial charge is 0.252 e. The summed E-state index contributed by atoms with van der Waals surface area (Å²) in [5.74, 6) is -0.647. The van der Waals surface area contributed by atoms with Gasteiger partial charge in [-0.25, -0.2) is 0 Å². The van der Waals surface area contributed by atoms with Gasteiger partial charge in [0.2, 0.25) is 9.70 Å². The van der Waals surface area contributed by atoms with Crippen LogP contribution < -0.4 is 21.3 Å². The van der Waals surface area contributed by atoms with Crippen LogP contribution in [0.2, 0.25) is 0 Å². The van der Waals surface area contributed by atoms with Gasteiger partial charge in [0.1, 0.15) is 6.17 Å². The van der Waals surface area contributed by atoms with Crippen LogP contribution in [-0.2, 0) is 4.79 Å². The molecule has 4 N–H and O–H groups in total. The molecule has 0 aliphatic carbocycles. The third-order valence-electron chi connectivity index (χ3n) is 3.43. The van der Waals surface area contributed by atoms with Crippen molar-refractivity contribution in [3.63, 3.8) is 0 Å². The van der Waals surface area contributed by atoms with Crippen LogP contribution in [0.3, 0.4) is 0 Å². The molecule has 29 heavy (non-hydrogen) atoms. The van der Waals surface area contributed by atoms with Crippen molar-refractivity contribution in [1.29, 1.82) is 0 Å². The molecule has 1 unspecified atom stereocenters. The molecule has 0 bridgehead atoms. The molecule has 0 aromatic heterocycles. The summed E-state index contributed by atoms with van der Waals surface area (Å²) in [6, 6.07) is 13.6. The summed E-state index contributed by atoms with van der Waals surface area (Å²) >= 11 is 26.5. The van der Waals surface area contributed by atoms with Gasteiger partial charge < -0.3 is 21.3 Å². The van der Waals surface area contributed by atoms with Gasteiger partial charge in [0.15, 0.2) is 5.11 Å². The lowest BCUT2D eigenvalue weighted by molar-refractivity contribution is -0.114. The molecule has 2 rings (SSSR count). The highest BCUT2D eigenvalue weighted by atomic mass is 79.9. The number of carbonyl (C=O) groups is 2. The van der Waals surface area contributed by atoms with Crippen LogP contribution in [0.15, 0.2) is 53.0 Å². The first-order valence-electron chi connectivity index (χ1n) is 8.13. The summed E-state index contributed by atoms with van der Waals surface area (Å²) in [5, 5.41) is 11.1. The minimum absolute atomic E-state index is 0.109. The Bertz CT molecular complexity index is 907. The first kappa shape index (κ1) is 23.7. The maximum Gasteiger partial charge on any atom is 0.252 e. The quantitative estimate of drug-likeness (QED) is 0.249. The number of alkyl halides is 3. The second kappa shape index (κ2) is 10.4. The molecule has 11 heteroatoms. The van der Waals surface area contributed by atoms with E-state index in [2.05, 4.69) is 37.2 Å². The lowest BCUT2D eigenvalue weighted by Gasteiger charge is -2.27. The Morgan fingerprint density at radius 2 is 1.59 bits per heavy atom. The highest BCUT2D eigenvalue weighted by Crippen LogP contribution is 2.29. The van der Waals surface area contributed by atoms with Crippen molar-refractivity contribution in [2.75, 3.05) is 10.6 Å². The Hall–Kier alpha value is -1.58. The van der Waals surface area contributed by atoms with E-state index in [0.717, 1.165) is 4.47 Å². The van der Waals surface area contributed by atoms with Crippen LogP contribution in [0.1, 0.15) is 17.3 Å². The number of halogens is 4. The fourth-order valence-corrected chi connectivity index (χ4v) is 3.02. The zero-order chi connectivity index (χ0) is 21.6. The average molecular weight is 539 g/mol. The highest BCUT2D eigenvalue weighted by Gasteiger charge is 2.34. The maximum atomic E-state index is 12.5. The zero-order valence-electron chi connectivity index (χ0n) is 14.9. The molecule has 0 saturated carbocycles. The van der Waals surface area contributed by atoms with E-state index in [0.29, 0.717) is 16.9 Å². The Balaban J connectivity index is 2.06. The van der Waals surface area contributed by atoms with Gasteiger partial charge in [-0.2, -0.15) is 0 Å². The van der Waals surface area contributed by atoms with Gasteiger partial charge in [0.05, 0.1) is 0 Å². The van der Waals surface area contributed by atoms with Crippen molar-refractivity contribution in [3.8, 4) is 0 Å². The van der Waals surface area contributed by atoms with E-state index in [1.165, 1.54) is 6.92 Å². The number of anilines is 2. The van der Waals surface area contributed by atoms with Crippen LogP contribution in [0, 0.1) is 0 Å². The third kappa shape index (κ3) is 7.98. The number of hydrogen-bond acceptors (Lipinski definition) is 3. The van der Waals surface area contributed by atoms with Gasteiger partial charge in [0, 0.05) is 28.3 Å². The molecule has 2 aromatic carbocycles. The first-order valence-corrected chi connectivity index (χ1v) is 10.5.